The van der Waals surface area contributed by atoms with Gasteiger partial charge in [-0.3, -0.25) is 4.79 Å². The van der Waals surface area contributed by atoms with Crippen LogP contribution in [0, 0.1) is 17.6 Å². The molecule has 3 aromatic rings. The average Bonchev–Trinajstić information content (AvgIpc) is 3.16. The number of hydrogen-bond acceptors (Lipinski definition) is 7. The molecule has 0 unspecified atom stereocenters. The zero-order valence-electron chi connectivity index (χ0n) is 17.3. The van der Waals surface area contributed by atoms with Crippen molar-refractivity contribution in [1.82, 2.24) is 9.29 Å². The average molecular weight is 516 g/mol. The number of sulfone groups is 1. The topological polar surface area (TPSA) is 114 Å². The van der Waals surface area contributed by atoms with E-state index in [0.717, 1.165) is 29.7 Å². The van der Waals surface area contributed by atoms with Crippen LogP contribution in [0.4, 0.5) is 13.9 Å². The number of aromatic nitrogens is 1. The van der Waals surface area contributed by atoms with Crippen LogP contribution in [0.15, 0.2) is 46.2 Å². The number of halogens is 2. The number of benzene rings is 2. The number of carbonyl (C=O) groups excluding carboxylic acids is 1. The molecule has 4 rings (SSSR count). The van der Waals surface area contributed by atoms with Gasteiger partial charge in [-0.05, 0) is 43.2 Å². The minimum absolute atomic E-state index is 0.0225. The van der Waals surface area contributed by atoms with Crippen LogP contribution < -0.4 is 5.32 Å². The van der Waals surface area contributed by atoms with E-state index in [4.69, 9.17) is 0 Å². The van der Waals surface area contributed by atoms with Crippen molar-refractivity contribution in [3.8, 4) is 0 Å². The summed E-state index contributed by atoms with van der Waals surface area (Å²) in [7, 11) is -7.28. The van der Waals surface area contributed by atoms with Crippen molar-refractivity contribution >= 4 is 52.5 Å². The summed E-state index contributed by atoms with van der Waals surface area (Å²) in [6.45, 7) is 0.210. The van der Waals surface area contributed by atoms with E-state index in [0.29, 0.717) is 0 Å². The number of nitrogens with one attached hydrogen (secondary N) is 1. The molecule has 1 fully saturated rings. The van der Waals surface area contributed by atoms with Crippen LogP contribution in [-0.4, -0.2) is 51.4 Å². The molecule has 0 radical (unpaired) electrons. The van der Waals surface area contributed by atoms with E-state index in [9.17, 15) is 30.4 Å². The number of fused-ring (bicyclic) bond motifs is 1. The molecular weight excluding hydrogens is 496 g/mol. The van der Waals surface area contributed by atoms with Crippen molar-refractivity contribution < 1.29 is 30.4 Å². The smallest absolute Gasteiger partial charge is 0.243 e. The summed E-state index contributed by atoms with van der Waals surface area (Å²) in [5.74, 6) is -2.40. The highest BCUT2D eigenvalue weighted by molar-refractivity contribution is 7.90. The number of thiazole rings is 1. The van der Waals surface area contributed by atoms with Gasteiger partial charge in [0.15, 0.2) is 20.8 Å². The largest absolute Gasteiger partial charge is 0.302 e. The van der Waals surface area contributed by atoms with Crippen molar-refractivity contribution in [2.24, 2.45) is 5.92 Å². The van der Waals surface area contributed by atoms with Crippen LogP contribution in [0.3, 0.4) is 0 Å². The van der Waals surface area contributed by atoms with E-state index in [2.05, 4.69) is 10.3 Å². The highest BCUT2D eigenvalue weighted by atomic mass is 32.2. The quantitative estimate of drug-likeness (QED) is 0.559. The minimum atomic E-state index is -3.84. The van der Waals surface area contributed by atoms with Crippen LogP contribution in [0.25, 0.3) is 10.2 Å². The maximum atomic E-state index is 13.8. The summed E-state index contributed by atoms with van der Waals surface area (Å²) in [5.41, 5.74) is -0.0282. The third kappa shape index (κ3) is 4.90. The van der Waals surface area contributed by atoms with Crippen LogP contribution in [0.1, 0.15) is 12.8 Å². The fraction of sp³-hybridized carbons (Fsp3) is 0.300. The van der Waals surface area contributed by atoms with Crippen LogP contribution >= 0.6 is 11.3 Å². The predicted molar refractivity (Wildman–Crippen MR) is 119 cm³/mol. The van der Waals surface area contributed by atoms with Crippen LogP contribution in [0.2, 0.25) is 0 Å². The lowest BCUT2D eigenvalue weighted by Gasteiger charge is -2.30. The van der Waals surface area contributed by atoms with Crippen LogP contribution in [0.5, 0.6) is 0 Å². The Morgan fingerprint density at radius 1 is 1.06 bits per heavy atom. The summed E-state index contributed by atoms with van der Waals surface area (Å²) < 4.78 is 77.6. The lowest BCUT2D eigenvalue weighted by molar-refractivity contribution is -0.120. The molecule has 0 atom stereocenters. The molecule has 0 aliphatic carbocycles. The van der Waals surface area contributed by atoms with Gasteiger partial charge in [-0.15, -0.1) is 0 Å². The molecule has 1 N–H and O–H groups in total. The Morgan fingerprint density at radius 3 is 2.27 bits per heavy atom. The van der Waals surface area contributed by atoms with Crippen molar-refractivity contribution in [2.45, 2.75) is 22.6 Å². The molecular formula is C20H19F2N3O5S3. The van der Waals surface area contributed by atoms with Gasteiger partial charge in [0.2, 0.25) is 15.9 Å². The fourth-order valence-electron chi connectivity index (χ4n) is 3.58. The number of carbonyl (C=O) groups is 1. The van der Waals surface area contributed by atoms with Crippen molar-refractivity contribution in [3.63, 3.8) is 0 Å². The molecule has 176 valence electrons. The maximum Gasteiger partial charge on any atom is 0.243 e. The van der Waals surface area contributed by atoms with Crippen molar-refractivity contribution in [1.29, 1.82) is 0 Å². The second-order valence-corrected chi connectivity index (χ2v) is 12.6. The fourth-order valence-corrected chi connectivity index (χ4v) is 6.59. The number of sulfonamides is 1. The van der Waals surface area contributed by atoms with E-state index >= 15 is 0 Å². The van der Waals surface area contributed by atoms with Crippen molar-refractivity contribution in [2.75, 3.05) is 24.7 Å². The van der Waals surface area contributed by atoms with Gasteiger partial charge in [0.05, 0.1) is 14.5 Å². The molecule has 1 aliphatic heterocycles. The first-order valence-corrected chi connectivity index (χ1v) is 14.0. The standard InChI is InChI=1S/C20H19F2N3O5S3/c1-32(27,28)14-2-4-15(5-3-14)33(29,30)25-8-6-12(7-9-25)19(26)24-20-23-18-16(22)10-13(21)11-17(18)31-20/h2-5,10-12H,6-9H2,1H3,(H,23,24,26). The summed E-state index contributed by atoms with van der Waals surface area (Å²) >= 11 is 0.951. The normalized spacial score (nSPS) is 16.2. The maximum absolute atomic E-state index is 13.8. The monoisotopic (exact) mass is 515 g/mol. The molecule has 2 heterocycles. The number of amides is 1. The number of nitrogens with zero attached hydrogens (tertiary/aromatic N) is 2. The molecule has 1 aromatic heterocycles. The first kappa shape index (κ1) is 23.7. The number of hydrogen-bond donors (Lipinski definition) is 1. The number of anilines is 1. The van der Waals surface area contributed by atoms with E-state index < -0.39 is 37.4 Å². The summed E-state index contributed by atoms with van der Waals surface area (Å²) in [5, 5.41) is 2.75. The molecule has 1 aliphatic rings. The van der Waals surface area contributed by atoms with Crippen LogP contribution in [-0.2, 0) is 24.7 Å². The molecule has 1 amide bonds. The van der Waals surface area contributed by atoms with Gasteiger partial charge in [-0.2, -0.15) is 4.31 Å². The summed E-state index contributed by atoms with van der Waals surface area (Å²) in [6, 6.07) is 6.85. The third-order valence-corrected chi connectivity index (χ3v) is 9.32. The molecule has 0 bridgehead atoms. The SMILES string of the molecule is CS(=O)(=O)c1ccc(S(=O)(=O)N2CCC(C(=O)Nc3nc4c(F)cc(F)cc4s3)CC2)cc1. The summed E-state index contributed by atoms with van der Waals surface area (Å²) in [4.78, 5) is 16.6. The molecule has 0 saturated carbocycles. The number of rotatable bonds is 5. The Morgan fingerprint density at radius 2 is 1.67 bits per heavy atom. The van der Waals surface area contributed by atoms with Gasteiger partial charge in [0, 0.05) is 31.3 Å². The zero-order chi connectivity index (χ0) is 24.0. The van der Waals surface area contributed by atoms with Gasteiger partial charge in [-0.25, -0.2) is 30.6 Å². The van der Waals surface area contributed by atoms with Gasteiger partial charge in [-0.1, -0.05) is 11.3 Å². The molecule has 0 spiro atoms. The van der Waals surface area contributed by atoms with Crippen molar-refractivity contribution in [3.05, 3.63) is 48.0 Å². The van der Waals surface area contributed by atoms with E-state index in [1.54, 1.807) is 0 Å². The number of piperidine rings is 1. The Hall–Kier alpha value is -2.48. The Balaban J connectivity index is 1.41. The first-order chi connectivity index (χ1) is 15.4. The predicted octanol–water partition coefficient (Wildman–Crippen LogP) is 3.02. The van der Waals surface area contributed by atoms with E-state index in [1.807, 2.05) is 0 Å². The van der Waals surface area contributed by atoms with Gasteiger partial charge in [0.1, 0.15) is 11.3 Å². The zero-order valence-corrected chi connectivity index (χ0v) is 19.7. The highest BCUT2D eigenvalue weighted by Gasteiger charge is 2.32. The lowest BCUT2D eigenvalue weighted by Crippen LogP contribution is -2.41. The molecule has 2 aromatic carbocycles. The third-order valence-electron chi connectivity index (χ3n) is 5.36. The highest BCUT2D eigenvalue weighted by Crippen LogP contribution is 2.30. The van der Waals surface area contributed by atoms with E-state index in [1.165, 1.54) is 28.6 Å². The van der Waals surface area contributed by atoms with Gasteiger partial charge >= 0.3 is 0 Å². The Kier molecular flexibility index (Phi) is 6.24. The molecule has 13 heteroatoms. The second-order valence-electron chi connectivity index (χ2n) is 7.66. The minimum Gasteiger partial charge on any atom is -0.302 e. The molecule has 33 heavy (non-hydrogen) atoms. The van der Waals surface area contributed by atoms with Gasteiger partial charge < -0.3 is 5.32 Å². The van der Waals surface area contributed by atoms with Gasteiger partial charge in [0.25, 0.3) is 0 Å². The lowest BCUT2D eigenvalue weighted by atomic mass is 9.97. The van der Waals surface area contributed by atoms with E-state index in [-0.39, 0.29) is 57.0 Å². The first-order valence-electron chi connectivity index (χ1n) is 9.82. The second kappa shape index (κ2) is 8.70. The molecule has 1 saturated heterocycles. The Bertz CT molecular complexity index is 1430. The molecule has 8 nitrogen and oxygen atoms in total. The summed E-state index contributed by atoms with van der Waals surface area (Å²) in [6.07, 6.45) is 1.57. The Labute approximate surface area is 193 Å².